The fourth-order valence-electron chi connectivity index (χ4n) is 5.81. The Bertz CT molecular complexity index is 566. The predicted molar refractivity (Wildman–Crippen MR) is 91.2 cm³/mol. The molecule has 0 spiro atoms. The van der Waals surface area contributed by atoms with E-state index in [1.807, 2.05) is 12.1 Å². The zero-order chi connectivity index (χ0) is 15.2. The summed E-state index contributed by atoms with van der Waals surface area (Å²) in [5.41, 5.74) is 0.572. The Morgan fingerprint density at radius 3 is 2.95 bits per heavy atom. The van der Waals surface area contributed by atoms with E-state index in [4.69, 9.17) is 0 Å². The molecule has 1 N–H and O–H groups in total. The Hall–Kier alpha value is -0.830. The van der Waals surface area contributed by atoms with Crippen LogP contribution in [0.2, 0.25) is 0 Å². The largest absolute Gasteiger partial charge is 0.351 e. The number of thiophene rings is 1. The Morgan fingerprint density at radius 1 is 1.27 bits per heavy atom. The van der Waals surface area contributed by atoms with Crippen molar-refractivity contribution in [3.8, 4) is 0 Å². The van der Waals surface area contributed by atoms with Crippen LogP contribution in [0, 0.1) is 30.1 Å². The van der Waals surface area contributed by atoms with E-state index in [0.29, 0.717) is 5.41 Å². The second-order valence-electron chi connectivity index (χ2n) is 8.02. The molecule has 1 aromatic heterocycles. The lowest BCUT2D eigenvalue weighted by molar-refractivity contribution is 0.0913. The molecule has 3 aliphatic carbocycles. The van der Waals surface area contributed by atoms with E-state index in [1.165, 1.54) is 56.2 Å². The molecule has 0 aliphatic heterocycles. The van der Waals surface area contributed by atoms with Crippen molar-refractivity contribution in [2.24, 2.45) is 23.2 Å². The maximum atomic E-state index is 12.2. The Labute approximate surface area is 137 Å². The van der Waals surface area contributed by atoms with E-state index in [0.717, 1.165) is 29.2 Å². The highest BCUT2D eigenvalue weighted by Crippen LogP contribution is 2.62. The van der Waals surface area contributed by atoms with Gasteiger partial charge in [0.2, 0.25) is 0 Å². The molecule has 3 saturated carbocycles. The first-order valence-corrected chi connectivity index (χ1v) is 9.81. The van der Waals surface area contributed by atoms with Gasteiger partial charge in [-0.2, -0.15) is 0 Å². The third-order valence-electron chi connectivity index (χ3n) is 6.58. The second-order valence-corrected chi connectivity index (χ2v) is 9.31. The summed E-state index contributed by atoms with van der Waals surface area (Å²) in [4.78, 5) is 14.3. The molecule has 1 aromatic rings. The Morgan fingerprint density at radius 2 is 2.14 bits per heavy atom. The highest BCUT2D eigenvalue weighted by molar-refractivity contribution is 7.13. The van der Waals surface area contributed by atoms with Gasteiger partial charge in [0.05, 0.1) is 4.88 Å². The van der Waals surface area contributed by atoms with Gasteiger partial charge in [-0.05, 0) is 80.8 Å². The topological polar surface area (TPSA) is 29.1 Å². The van der Waals surface area contributed by atoms with Gasteiger partial charge in [0, 0.05) is 11.4 Å². The van der Waals surface area contributed by atoms with E-state index in [1.54, 1.807) is 11.3 Å². The van der Waals surface area contributed by atoms with Crippen LogP contribution >= 0.6 is 11.3 Å². The molecule has 3 heteroatoms. The summed E-state index contributed by atoms with van der Waals surface area (Å²) in [5, 5.41) is 3.19. The monoisotopic (exact) mass is 317 g/mol. The first-order chi connectivity index (χ1) is 10.6. The van der Waals surface area contributed by atoms with Crippen molar-refractivity contribution in [1.29, 1.82) is 0 Å². The average molecular weight is 317 g/mol. The molecule has 4 unspecified atom stereocenters. The van der Waals surface area contributed by atoms with Crippen LogP contribution in [0.3, 0.4) is 0 Å². The lowest BCUT2D eigenvalue weighted by Gasteiger charge is -2.39. The fourth-order valence-corrected chi connectivity index (χ4v) is 6.59. The van der Waals surface area contributed by atoms with Crippen molar-refractivity contribution in [1.82, 2.24) is 5.32 Å². The molecule has 120 valence electrons. The SMILES string of the molecule is Cc1ccc(C(=O)NCCC23CC4CCCC2CC(C4)C3)s1. The maximum absolute atomic E-state index is 12.2. The molecule has 2 nitrogen and oxygen atoms in total. The summed E-state index contributed by atoms with van der Waals surface area (Å²) in [6.45, 7) is 2.92. The zero-order valence-electron chi connectivity index (χ0n) is 13.6. The van der Waals surface area contributed by atoms with Gasteiger partial charge in [-0.25, -0.2) is 0 Å². The third-order valence-corrected chi connectivity index (χ3v) is 7.58. The number of rotatable bonds is 4. The molecule has 0 saturated heterocycles. The summed E-state index contributed by atoms with van der Waals surface area (Å²) in [7, 11) is 0. The quantitative estimate of drug-likeness (QED) is 0.850. The minimum Gasteiger partial charge on any atom is -0.351 e. The van der Waals surface area contributed by atoms with Crippen LogP contribution in [0.25, 0.3) is 0 Å². The normalized spacial score (nSPS) is 36.3. The average Bonchev–Trinajstić information content (AvgIpc) is 2.97. The fraction of sp³-hybridized carbons (Fsp3) is 0.737. The Kier molecular flexibility index (Phi) is 3.80. The molecule has 3 bridgehead atoms. The van der Waals surface area contributed by atoms with Crippen LogP contribution in [0.1, 0.15) is 65.9 Å². The van der Waals surface area contributed by atoms with Gasteiger partial charge in [-0.1, -0.05) is 12.8 Å². The highest BCUT2D eigenvalue weighted by atomic mass is 32.1. The molecular formula is C19H27NOS. The first-order valence-electron chi connectivity index (χ1n) is 8.99. The van der Waals surface area contributed by atoms with Crippen LogP contribution in [0.15, 0.2) is 12.1 Å². The summed E-state index contributed by atoms with van der Waals surface area (Å²) < 4.78 is 0. The van der Waals surface area contributed by atoms with E-state index in [9.17, 15) is 4.79 Å². The van der Waals surface area contributed by atoms with Crippen LogP contribution in [-0.2, 0) is 0 Å². The number of hydrogen-bond acceptors (Lipinski definition) is 2. The van der Waals surface area contributed by atoms with E-state index >= 15 is 0 Å². The zero-order valence-corrected chi connectivity index (χ0v) is 14.4. The predicted octanol–water partition coefficient (Wildman–Crippen LogP) is 4.78. The summed E-state index contributed by atoms with van der Waals surface area (Å²) in [5.74, 6) is 3.07. The number of aryl methyl sites for hydroxylation is 1. The van der Waals surface area contributed by atoms with Gasteiger partial charge >= 0.3 is 0 Å². The number of carbonyl (C=O) groups is 1. The molecule has 3 aliphatic rings. The van der Waals surface area contributed by atoms with Gasteiger partial charge in [-0.15, -0.1) is 11.3 Å². The number of amides is 1. The molecule has 4 rings (SSSR count). The minimum absolute atomic E-state index is 0.128. The summed E-state index contributed by atoms with van der Waals surface area (Å²) in [6, 6.07) is 3.98. The van der Waals surface area contributed by atoms with Gasteiger partial charge < -0.3 is 5.32 Å². The number of hydrogen-bond donors (Lipinski definition) is 1. The van der Waals surface area contributed by atoms with Gasteiger partial charge in [0.15, 0.2) is 0 Å². The highest BCUT2D eigenvalue weighted by Gasteiger charge is 2.52. The number of fused-ring (bicyclic) bond motifs is 2. The molecular weight excluding hydrogens is 290 g/mol. The van der Waals surface area contributed by atoms with Crippen LogP contribution in [0.5, 0.6) is 0 Å². The van der Waals surface area contributed by atoms with Crippen molar-refractivity contribution in [2.75, 3.05) is 6.54 Å². The number of carbonyl (C=O) groups excluding carboxylic acids is 1. The molecule has 3 fully saturated rings. The Balaban J connectivity index is 1.38. The van der Waals surface area contributed by atoms with E-state index in [2.05, 4.69) is 12.2 Å². The summed E-state index contributed by atoms with van der Waals surface area (Å²) in [6.07, 6.45) is 11.4. The first kappa shape index (κ1) is 14.7. The number of nitrogens with one attached hydrogen (secondary N) is 1. The standard InChI is InChI=1S/C19H27NOS/c1-13-5-6-17(22-13)18(21)20-8-7-19-11-14-3-2-4-16(19)10-15(9-14)12-19/h5-6,14-16H,2-4,7-12H2,1H3,(H,20,21). The molecule has 4 atom stereocenters. The van der Waals surface area contributed by atoms with Crippen LogP contribution in [0.4, 0.5) is 0 Å². The summed E-state index contributed by atoms with van der Waals surface area (Å²) >= 11 is 1.60. The smallest absolute Gasteiger partial charge is 0.261 e. The van der Waals surface area contributed by atoms with Crippen molar-refractivity contribution in [3.63, 3.8) is 0 Å². The van der Waals surface area contributed by atoms with Gasteiger partial charge in [-0.3, -0.25) is 4.79 Å². The molecule has 0 radical (unpaired) electrons. The molecule has 0 aromatic carbocycles. The van der Waals surface area contributed by atoms with E-state index in [-0.39, 0.29) is 5.91 Å². The van der Waals surface area contributed by atoms with Crippen LogP contribution in [-0.4, -0.2) is 12.5 Å². The lowest BCUT2D eigenvalue weighted by Crippen LogP contribution is -2.34. The van der Waals surface area contributed by atoms with Crippen molar-refractivity contribution < 1.29 is 4.79 Å². The van der Waals surface area contributed by atoms with E-state index < -0.39 is 0 Å². The van der Waals surface area contributed by atoms with Crippen molar-refractivity contribution in [2.45, 2.75) is 58.3 Å². The molecule has 1 heterocycles. The minimum atomic E-state index is 0.128. The maximum Gasteiger partial charge on any atom is 0.261 e. The molecule has 1 amide bonds. The van der Waals surface area contributed by atoms with Crippen molar-refractivity contribution >= 4 is 17.2 Å². The van der Waals surface area contributed by atoms with Crippen LogP contribution < -0.4 is 5.32 Å². The third kappa shape index (κ3) is 2.62. The molecule has 22 heavy (non-hydrogen) atoms. The lowest BCUT2D eigenvalue weighted by atomic mass is 9.66. The van der Waals surface area contributed by atoms with Gasteiger partial charge in [0.25, 0.3) is 5.91 Å². The second kappa shape index (κ2) is 5.67. The van der Waals surface area contributed by atoms with Crippen molar-refractivity contribution in [3.05, 3.63) is 21.9 Å². The van der Waals surface area contributed by atoms with Gasteiger partial charge in [0.1, 0.15) is 0 Å².